The van der Waals surface area contributed by atoms with E-state index in [1.807, 2.05) is 0 Å². The third-order valence-electron chi connectivity index (χ3n) is 6.41. The number of nitrogens with two attached hydrogens (primary N) is 1. The number of amides is 4. The first-order chi connectivity index (χ1) is 18.7. The normalized spacial score (nSPS) is 16.4. The summed E-state index contributed by atoms with van der Waals surface area (Å²) in [6.07, 6.45) is 3.48. The van der Waals surface area contributed by atoms with E-state index in [1.54, 1.807) is 47.4 Å². The second-order valence-electron chi connectivity index (χ2n) is 9.28. The molecule has 208 valence electrons. The highest BCUT2D eigenvalue weighted by molar-refractivity contribution is 5.95. The predicted molar refractivity (Wildman–Crippen MR) is 148 cm³/mol. The van der Waals surface area contributed by atoms with E-state index >= 15 is 0 Å². The molecule has 2 aromatic carbocycles. The minimum atomic E-state index is -0.510. The van der Waals surface area contributed by atoms with Gasteiger partial charge in [-0.15, -0.1) is 0 Å². The molecule has 2 aromatic rings. The van der Waals surface area contributed by atoms with E-state index in [4.69, 9.17) is 15.2 Å². The van der Waals surface area contributed by atoms with E-state index in [1.165, 1.54) is 20.3 Å². The van der Waals surface area contributed by atoms with E-state index in [0.29, 0.717) is 28.1 Å². The smallest absolute Gasteiger partial charge is 0.337 e. The molecule has 3 rings (SSSR count). The molecule has 0 radical (unpaired) electrons. The Balaban J connectivity index is 1.64. The monoisotopic (exact) mass is 537 g/mol. The van der Waals surface area contributed by atoms with Crippen LogP contribution in [-0.2, 0) is 9.47 Å². The molecule has 11 heteroatoms. The van der Waals surface area contributed by atoms with Crippen molar-refractivity contribution in [1.82, 2.24) is 10.2 Å². The Labute approximate surface area is 227 Å². The lowest BCUT2D eigenvalue weighted by Crippen LogP contribution is -2.54. The molecule has 5 N–H and O–H groups in total. The van der Waals surface area contributed by atoms with Gasteiger partial charge in [-0.05, 0) is 54.8 Å². The molecule has 2 atom stereocenters. The average molecular weight is 538 g/mol. The topological polar surface area (TPSA) is 152 Å². The number of carbonyl (C=O) groups is 4. The standard InChI is InChI=1S/C28H35N5O6/c1-18(16-30-27(36)31-21-10-6-8-19(14-21)25(34)38-2)17-33(24-13-5-4-12-23(24)29)28(37)32-22-11-7-9-20(15-22)26(35)39-3/h6-11,14-15,23-24H,1,4-5,12-13,16-17,29H2,2-3H3,(H,32,37)(H2,30,31,36). The third kappa shape index (κ3) is 8.30. The summed E-state index contributed by atoms with van der Waals surface area (Å²) in [4.78, 5) is 51.1. The van der Waals surface area contributed by atoms with E-state index < -0.39 is 18.0 Å². The highest BCUT2D eigenvalue weighted by atomic mass is 16.5. The van der Waals surface area contributed by atoms with Crippen LogP contribution in [0.15, 0.2) is 60.7 Å². The van der Waals surface area contributed by atoms with Gasteiger partial charge in [0.05, 0.1) is 25.3 Å². The number of rotatable bonds is 9. The number of anilines is 2. The molecule has 1 saturated carbocycles. The second-order valence-corrected chi connectivity index (χ2v) is 9.28. The van der Waals surface area contributed by atoms with Gasteiger partial charge in [-0.1, -0.05) is 31.6 Å². The zero-order chi connectivity index (χ0) is 28.4. The van der Waals surface area contributed by atoms with E-state index in [-0.39, 0.29) is 31.2 Å². The Morgan fingerprint density at radius 3 is 2.05 bits per heavy atom. The highest BCUT2D eigenvalue weighted by Gasteiger charge is 2.31. The lowest BCUT2D eigenvalue weighted by molar-refractivity contribution is 0.0592. The van der Waals surface area contributed by atoms with Crippen LogP contribution in [0, 0.1) is 0 Å². The van der Waals surface area contributed by atoms with Crippen molar-refractivity contribution < 1.29 is 28.7 Å². The zero-order valence-corrected chi connectivity index (χ0v) is 22.2. The first kappa shape index (κ1) is 29.2. The Morgan fingerprint density at radius 2 is 1.49 bits per heavy atom. The fourth-order valence-electron chi connectivity index (χ4n) is 4.42. The summed E-state index contributed by atoms with van der Waals surface area (Å²) in [6, 6.07) is 11.5. The Kier molecular flexibility index (Phi) is 10.4. The van der Waals surface area contributed by atoms with Crippen molar-refractivity contribution in [2.45, 2.75) is 37.8 Å². The molecule has 0 heterocycles. The fraction of sp³-hybridized carbons (Fsp3) is 0.357. The second kappa shape index (κ2) is 14.0. The van der Waals surface area contributed by atoms with Gasteiger partial charge in [0.1, 0.15) is 0 Å². The van der Waals surface area contributed by atoms with Crippen molar-refractivity contribution in [2.75, 3.05) is 37.9 Å². The number of ether oxygens (including phenoxy) is 2. The van der Waals surface area contributed by atoms with Crippen LogP contribution in [0.2, 0.25) is 0 Å². The number of esters is 2. The SMILES string of the molecule is C=C(CNC(=O)Nc1cccc(C(=O)OC)c1)CN(C(=O)Nc1cccc(C(=O)OC)c1)C1CCCCC1N. The van der Waals surface area contributed by atoms with Crippen LogP contribution in [0.25, 0.3) is 0 Å². The summed E-state index contributed by atoms with van der Waals surface area (Å²) >= 11 is 0. The van der Waals surface area contributed by atoms with Gasteiger partial charge in [0.25, 0.3) is 0 Å². The van der Waals surface area contributed by atoms with Crippen molar-refractivity contribution in [1.29, 1.82) is 0 Å². The molecule has 1 aliphatic carbocycles. The van der Waals surface area contributed by atoms with Crippen molar-refractivity contribution in [3.8, 4) is 0 Å². The van der Waals surface area contributed by atoms with Crippen molar-refractivity contribution in [3.63, 3.8) is 0 Å². The summed E-state index contributed by atoms with van der Waals surface area (Å²) in [5.74, 6) is -1.02. The number of hydrogen-bond acceptors (Lipinski definition) is 7. The first-order valence-electron chi connectivity index (χ1n) is 12.6. The summed E-state index contributed by atoms with van der Waals surface area (Å²) in [5.41, 5.74) is 8.46. The van der Waals surface area contributed by atoms with E-state index in [2.05, 4.69) is 22.5 Å². The van der Waals surface area contributed by atoms with Gasteiger partial charge >= 0.3 is 24.0 Å². The molecular formula is C28H35N5O6. The van der Waals surface area contributed by atoms with Crippen LogP contribution in [0.4, 0.5) is 21.0 Å². The summed E-state index contributed by atoms with van der Waals surface area (Å²) in [7, 11) is 2.57. The number of hydrogen-bond donors (Lipinski definition) is 4. The number of methoxy groups -OCH3 is 2. The summed E-state index contributed by atoms with van der Waals surface area (Å²) < 4.78 is 9.46. The van der Waals surface area contributed by atoms with Crippen LogP contribution in [0.1, 0.15) is 46.4 Å². The molecule has 39 heavy (non-hydrogen) atoms. The molecule has 1 fully saturated rings. The predicted octanol–water partition coefficient (Wildman–Crippen LogP) is 3.74. The lowest BCUT2D eigenvalue weighted by Gasteiger charge is -2.38. The molecule has 1 aliphatic rings. The number of nitrogens with one attached hydrogen (secondary N) is 3. The van der Waals surface area contributed by atoms with Gasteiger partial charge in [-0.2, -0.15) is 0 Å². The Hall–Kier alpha value is -4.38. The largest absolute Gasteiger partial charge is 0.465 e. The number of nitrogens with zero attached hydrogens (tertiary/aromatic N) is 1. The molecular weight excluding hydrogens is 502 g/mol. The summed E-state index contributed by atoms with van der Waals surface area (Å²) in [5, 5.41) is 8.23. The van der Waals surface area contributed by atoms with Gasteiger partial charge < -0.3 is 36.1 Å². The van der Waals surface area contributed by atoms with Crippen LogP contribution < -0.4 is 21.7 Å². The van der Waals surface area contributed by atoms with Gasteiger partial charge in [0.15, 0.2) is 0 Å². The average Bonchev–Trinajstić information content (AvgIpc) is 2.94. The zero-order valence-electron chi connectivity index (χ0n) is 22.2. The van der Waals surface area contributed by atoms with Crippen LogP contribution in [0.3, 0.4) is 0 Å². The van der Waals surface area contributed by atoms with Crippen molar-refractivity contribution in [2.24, 2.45) is 5.73 Å². The highest BCUT2D eigenvalue weighted by Crippen LogP contribution is 2.24. The van der Waals surface area contributed by atoms with Gasteiger partial charge in [0, 0.05) is 36.5 Å². The maximum atomic E-state index is 13.4. The molecule has 0 bridgehead atoms. The van der Waals surface area contributed by atoms with Crippen LogP contribution >= 0.6 is 0 Å². The Bertz CT molecular complexity index is 1220. The lowest BCUT2D eigenvalue weighted by atomic mass is 9.89. The summed E-state index contributed by atoms with van der Waals surface area (Å²) in [6.45, 7) is 4.32. The number of benzene rings is 2. The molecule has 0 aliphatic heterocycles. The quantitative estimate of drug-likeness (QED) is 0.281. The van der Waals surface area contributed by atoms with Crippen LogP contribution in [0.5, 0.6) is 0 Å². The van der Waals surface area contributed by atoms with Gasteiger partial charge in [0.2, 0.25) is 0 Å². The maximum Gasteiger partial charge on any atom is 0.337 e. The Morgan fingerprint density at radius 1 is 0.923 bits per heavy atom. The minimum Gasteiger partial charge on any atom is -0.465 e. The molecule has 0 saturated heterocycles. The minimum absolute atomic E-state index is 0.103. The maximum absolute atomic E-state index is 13.4. The third-order valence-corrected chi connectivity index (χ3v) is 6.41. The van der Waals surface area contributed by atoms with Crippen molar-refractivity contribution in [3.05, 3.63) is 71.8 Å². The van der Waals surface area contributed by atoms with Gasteiger partial charge in [-0.3, -0.25) is 0 Å². The van der Waals surface area contributed by atoms with Crippen molar-refractivity contribution >= 4 is 35.4 Å². The van der Waals surface area contributed by atoms with E-state index in [0.717, 1.165) is 25.7 Å². The fourth-order valence-corrected chi connectivity index (χ4v) is 4.42. The molecule has 0 spiro atoms. The number of urea groups is 2. The first-order valence-corrected chi connectivity index (χ1v) is 12.6. The van der Waals surface area contributed by atoms with Crippen LogP contribution in [-0.4, -0.2) is 68.3 Å². The number of carbonyl (C=O) groups excluding carboxylic acids is 4. The molecule has 4 amide bonds. The molecule has 11 nitrogen and oxygen atoms in total. The van der Waals surface area contributed by atoms with Gasteiger partial charge in [-0.25, -0.2) is 19.2 Å². The molecule has 0 aromatic heterocycles. The van der Waals surface area contributed by atoms with E-state index in [9.17, 15) is 19.2 Å². The molecule has 2 unspecified atom stereocenters.